The van der Waals surface area contributed by atoms with Crippen molar-refractivity contribution in [3.05, 3.63) is 42.0 Å². The summed E-state index contributed by atoms with van der Waals surface area (Å²) in [5, 5.41) is 27.7. The normalized spacial score (nSPS) is 14.6. The van der Waals surface area contributed by atoms with Gasteiger partial charge in [0.1, 0.15) is 5.75 Å². The molecule has 0 amide bonds. The molecule has 0 heterocycles. The molecule has 0 saturated carbocycles. The van der Waals surface area contributed by atoms with Crippen LogP contribution in [0.15, 0.2) is 36.4 Å². The Balaban J connectivity index is 2.48. The Bertz CT molecular complexity index is 408. The van der Waals surface area contributed by atoms with Gasteiger partial charge in [-0.05, 0) is 36.5 Å². The van der Waals surface area contributed by atoms with E-state index in [1.807, 2.05) is 6.92 Å². The summed E-state index contributed by atoms with van der Waals surface area (Å²) in [7, 11) is 0. The van der Waals surface area contributed by atoms with Crippen LogP contribution in [0, 0.1) is 5.92 Å². The van der Waals surface area contributed by atoms with Gasteiger partial charge in [0.15, 0.2) is 0 Å². The van der Waals surface area contributed by atoms with Crippen LogP contribution in [-0.4, -0.2) is 21.3 Å². The molecule has 1 aromatic carbocycles. The molecule has 98 valence electrons. The van der Waals surface area contributed by atoms with Gasteiger partial charge in [0, 0.05) is 6.08 Å². The third-order valence-electron chi connectivity index (χ3n) is 2.82. The standard InChI is InChI=1S/C14H18O4/c1-10(4-2-3-5-13(16)17)14(18)11-6-8-12(15)9-7-11/h3,5-10,14-15,18H,2,4H2,1H3,(H,16,17)/b5-3+/t10-,14+/m1/s1. The fourth-order valence-corrected chi connectivity index (χ4v) is 1.70. The summed E-state index contributed by atoms with van der Waals surface area (Å²) < 4.78 is 0. The second-order valence-electron chi connectivity index (χ2n) is 4.33. The number of benzene rings is 1. The molecule has 0 fully saturated rings. The van der Waals surface area contributed by atoms with Crippen molar-refractivity contribution in [1.82, 2.24) is 0 Å². The number of carboxylic acids is 1. The summed E-state index contributed by atoms with van der Waals surface area (Å²) in [5.74, 6) is -0.766. The van der Waals surface area contributed by atoms with Crippen LogP contribution >= 0.6 is 0 Å². The molecule has 2 atom stereocenters. The average Bonchev–Trinajstić information content (AvgIpc) is 2.34. The van der Waals surface area contributed by atoms with Gasteiger partial charge in [0.25, 0.3) is 0 Å². The molecule has 0 aliphatic rings. The van der Waals surface area contributed by atoms with Crippen molar-refractivity contribution in [2.24, 2.45) is 5.92 Å². The first kappa shape index (κ1) is 14.3. The number of hydrogen-bond donors (Lipinski definition) is 3. The fraction of sp³-hybridized carbons (Fsp3) is 0.357. The Morgan fingerprint density at radius 1 is 1.33 bits per heavy atom. The molecular weight excluding hydrogens is 232 g/mol. The van der Waals surface area contributed by atoms with Crippen LogP contribution in [0.5, 0.6) is 5.75 Å². The first-order valence-corrected chi connectivity index (χ1v) is 5.87. The van der Waals surface area contributed by atoms with Crippen molar-refractivity contribution in [1.29, 1.82) is 0 Å². The minimum atomic E-state index is -0.957. The zero-order chi connectivity index (χ0) is 13.5. The molecule has 1 rings (SSSR count). The van der Waals surface area contributed by atoms with Gasteiger partial charge >= 0.3 is 5.97 Å². The first-order valence-electron chi connectivity index (χ1n) is 5.87. The zero-order valence-corrected chi connectivity index (χ0v) is 10.3. The molecule has 0 bridgehead atoms. The minimum absolute atomic E-state index is 0.0213. The number of carbonyl (C=O) groups is 1. The zero-order valence-electron chi connectivity index (χ0n) is 10.3. The largest absolute Gasteiger partial charge is 0.508 e. The van der Waals surface area contributed by atoms with Gasteiger partial charge in [0.2, 0.25) is 0 Å². The maximum absolute atomic E-state index is 10.3. The van der Waals surface area contributed by atoms with Gasteiger partial charge < -0.3 is 15.3 Å². The molecule has 4 heteroatoms. The molecule has 18 heavy (non-hydrogen) atoms. The lowest BCUT2D eigenvalue weighted by Crippen LogP contribution is -2.08. The lowest BCUT2D eigenvalue weighted by molar-refractivity contribution is -0.131. The molecule has 0 spiro atoms. The SMILES string of the molecule is C[C@H](CC/C=C/C(=O)O)[C@H](O)c1ccc(O)cc1. The van der Waals surface area contributed by atoms with Gasteiger partial charge in [-0.2, -0.15) is 0 Å². The molecule has 0 aliphatic carbocycles. The van der Waals surface area contributed by atoms with Crippen LogP contribution in [0.25, 0.3) is 0 Å². The van der Waals surface area contributed by atoms with Crippen LogP contribution in [0.4, 0.5) is 0 Å². The highest BCUT2D eigenvalue weighted by Crippen LogP contribution is 2.26. The van der Waals surface area contributed by atoms with Crippen LogP contribution in [0.3, 0.4) is 0 Å². The van der Waals surface area contributed by atoms with Crippen molar-refractivity contribution in [3.8, 4) is 5.75 Å². The third-order valence-corrected chi connectivity index (χ3v) is 2.82. The van der Waals surface area contributed by atoms with Crippen molar-refractivity contribution in [2.75, 3.05) is 0 Å². The monoisotopic (exact) mass is 250 g/mol. The number of carboxylic acid groups (broad SMARTS) is 1. The lowest BCUT2D eigenvalue weighted by atomic mass is 9.93. The molecule has 0 unspecified atom stereocenters. The van der Waals surface area contributed by atoms with Gasteiger partial charge in [-0.25, -0.2) is 4.79 Å². The van der Waals surface area contributed by atoms with E-state index in [-0.39, 0.29) is 11.7 Å². The lowest BCUT2D eigenvalue weighted by Gasteiger charge is -2.18. The Labute approximate surface area is 106 Å². The third kappa shape index (κ3) is 4.59. The van der Waals surface area contributed by atoms with Gasteiger partial charge in [-0.1, -0.05) is 25.1 Å². The second-order valence-corrected chi connectivity index (χ2v) is 4.33. The van der Waals surface area contributed by atoms with Crippen molar-refractivity contribution in [3.63, 3.8) is 0 Å². The van der Waals surface area contributed by atoms with Crippen LogP contribution in [0.2, 0.25) is 0 Å². The quantitative estimate of drug-likeness (QED) is 0.678. The van der Waals surface area contributed by atoms with Gasteiger partial charge in [0.05, 0.1) is 6.10 Å². The number of aliphatic hydroxyl groups is 1. The molecule has 1 aromatic rings. The summed E-state index contributed by atoms with van der Waals surface area (Å²) in [6.45, 7) is 1.91. The van der Waals surface area contributed by atoms with Crippen LogP contribution in [-0.2, 0) is 4.79 Å². The Kier molecular flexibility index (Phi) is 5.39. The molecule has 0 aromatic heterocycles. The molecule has 4 nitrogen and oxygen atoms in total. The molecule has 0 radical (unpaired) electrons. The van der Waals surface area contributed by atoms with E-state index in [9.17, 15) is 9.90 Å². The highest BCUT2D eigenvalue weighted by atomic mass is 16.4. The summed E-state index contributed by atoms with van der Waals surface area (Å²) >= 11 is 0. The van der Waals surface area contributed by atoms with E-state index in [2.05, 4.69) is 0 Å². The molecule has 3 N–H and O–H groups in total. The highest BCUT2D eigenvalue weighted by molar-refractivity contribution is 5.79. The van der Waals surface area contributed by atoms with E-state index in [0.29, 0.717) is 12.8 Å². The van der Waals surface area contributed by atoms with Gasteiger partial charge in [-0.15, -0.1) is 0 Å². The minimum Gasteiger partial charge on any atom is -0.508 e. The Morgan fingerprint density at radius 3 is 2.50 bits per heavy atom. The number of rotatable bonds is 6. The maximum Gasteiger partial charge on any atom is 0.327 e. The number of allylic oxidation sites excluding steroid dienone is 1. The van der Waals surface area contributed by atoms with Crippen LogP contribution < -0.4 is 0 Å². The number of phenols is 1. The number of aliphatic carboxylic acids is 1. The van der Waals surface area contributed by atoms with E-state index in [1.165, 1.54) is 12.1 Å². The van der Waals surface area contributed by atoms with Crippen molar-refractivity contribution < 1.29 is 20.1 Å². The fourth-order valence-electron chi connectivity index (χ4n) is 1.70. The second kappa shape index (κ2) is 6.81. The van der Waals surface area contributed by atoms with E-state index in [4.69, 9.17) is 10.2 Å². The summed E-state index contributed by atoms with van der Waals surface area (Å²) in [6.07, 6.45) is 3.40. The number of aliphatic hydroxyl groups excluding tert-OH is 1. The summed E-state index contributed by atoms with van der Waals surface area (Å²) in [4.78, 5) is 10.3. The van der Waals surface area contributed by atoms with Crippen molar-refractivity contribution >= 4 is 5.97 Å². The van der Waals surface area contributed by atoms with Crippen molar-refractivity contribution in [2.45, 2.75) is 25.9 Å². The predicted octanol–water partition coefficient (Wildman–Crippen LogP) is 2.48. The highest BCUT2D eigenvalue weighted by Gasteiger charge is 2.15. The maximum atomic E-state index is 10.3. The molecular formula is C14H18O4. The predicted molar refractivity (Wildman–Crippen MR) is 68.2 cm³/mol. The van der Waals surface area contributed by atoms with E-state index in [1.54, 1.807) is 18.2 Å². The van der Waals surface area contributed by atoms with E-state index < -0.39 is 12.1 Å². The smallest absolute Gasteiger partial charge is 0.327 e. The Morgan fingerprint density at radius 2 is 1.94 bits per heavy atom. The summed E-state index contributed by atoms with van der Waals surface area (Å²) in [5.41, 5.74) is 0.752. The van der Waals surface area contributed by atoms with E-state index >= 15 is 0 Å². The number of aromatic hydroxyl groups is 1. The van der Waals surface area contributed by atoms with E-state index in [0.717, 1.165) is 11.6 Å². The molecule has 0 aliphatic heterocycles. The van der Waals surface area contributed by atoms with Crippen LogP contribution in [0.1, 0.15) is 31.4 Å². The van der Waals surface area contributed by atoms with Gasteiger partial charge in [-0.3, -0.25) is 0 Å². The Hall–Kier alpha value is -1.81. The number of phenolic OH excluding ortho intramolecular Hbond substituents is 1. The average molecular weight is 250 g/mol. The summed E-state index contributed by atoms with van der Waals surface area (Å²) in [6, 6.07) is 6.44. The first-order chi connectivity index (χ1) is 8.50. The molecule has 0 saturated heterocycles. The number of hydrogen-bond acceptors (Lipinski definition) is 3. The topological polar surface area (TPSA) is 77.8 Å².